The van der Waals surface area contributed by atoms with Gasteiger partial charge in [-0.3, -0.25) is 4.79 Å². The number of alkyl carbamates (subject to hydrolysis) is 1. The molecular formula is C12H14N2O3. The van der Waals surface area contributed by atoms with Gasteiger partial charge < -0.3 is 15.4 Å². The number of β-lactam (4-membered cyclic amide) rings is 1. The van der Waals surface area contributed by atoms with E-state index in [-0.39, 0.29) is 18.6 Å². The molecule has 0 aliphatic carbocycles. The van der Waals surface area contributed by atoms with Gasteiger partial charge in [0.1, 0.15) is 12.6 Å². The van der Waals surface area contributed by atoms with Crippen molar-refractivity contribution in [1.29, 1.82) is 0 Å². The summed E-state index contributed by atoms with van der Waals surface area (Å²) in [4.78, 5) is 22.5. The average molecular weight is 234 g/mol. The second-order valence-corrected chi connectivity index (χ2v) is 3.98. The van der Waals surface area contributed by atoms with Crippen LogP contribution in [-0.2, 0) is 16.1 Å². The lowest BCUT2D eigenvalue weighted by Gasteiger charge is -2.33. The largest absolute Gasteiger partial charge is 0.445 e. The van der Waals surface area contributed by atoms with Gasteiger partial charge >= 0.3 is 6.09 Å². The summed E-state index contributed by atoms with van der Waals surface area (Å²) in [6.45, 7) is 2.03. The number of nitrogens with one attached hydrogen (secondary N) is 2. The van der Waals surface area contributed by atoms with Gasteiger partial charge in [-0.25, -0.2) is 4.79 Å². The first-order valence-corrected chi connectivity index (χ1v) is 5.44. The van der Waals surface area contributed by atoms with Crippen LogP contribution in [0.15, 0.2) is 30.3 Å². The molecule has 2 rings (SSSR count). The monoisotopic (exact) mass is 234 g/mol. The number of carbonyl (C=O) groups excluding carboxylic acids is 2. The van der Waals surface area contributed by atoms with Crippen molar-refractivity contribution in [2.75, 3.05) is 0 Å². The first-order valence-electron chi connectivity index (χ1n) is 5.44. The Balaban J connectivity index is 1.76. The van der Waals surface area contributed by atoms with Gasteiger partial charge in [0.25, 0.3) is 0 Å². The van der Waals surface area contributed by atoms with Crippen molar-refractivity contribution in [2.24, 2.45) is 0 Å². The lowest BCUT2D eigenvalue weighted by Crippen LogP contribution is -2.67. The molecule has 17 heavy (non-hydrogen) atoms. The van der Waals surface area contributed by atoms with Gasteiger partial charge in [0.2, 0.25) is 5.91 Å². The predicted molar refractivity (Wildman–Crippen MR) is 61.2 cm³/mol. The molecule has 1 saturated heterocycles. The summed E-state index contributed by atoms with van der Waals surface area (Å²) in [5.41, 5.74) is 0.911. The van der Waals surface area contributed by atoms with Gasteiger partial charge in [0.15, 0.2) is 0 Å². The zero-order valence-corrected chi connectivity index (χ0v) is 9.47. The predicted octanol–water partition coefficient (Wildman–Crippen LogP) is 0.800. The molecular weight excluding hydrogens is 220 g/mol. The first kappa shape index (κ1) is 11.4. The fourth-order valence-electron chi connectivity index (χ4n) is 1.61. The molecule has 90 valence electrons. The summed E-state index contributed by atoms with van der Waals surface area (Å²) in [5, 5.41) is 5.14. The van der Waals surface area contributed by atoms with Crippen molar-refractivity contribution in [3.05, 3.63) is 35.9 Å². The molecule has 2 N–H and O–H groups in total. The van der Waals surface area contributed by atoms with Gasteiger partial charge in [0, 0.05) is 0 Å². The summed E-state index contributed by atoms with van der Waals surface area (Å²) in [6.07, 6.45) is -0.569. The number of benzene rings is 1. The maximum atomic E-state index is 11.4. The van der Waals surface area contributed by atoms with Crippen molar-refractivity contribution in [2.45, 2.75) is 25.6 Å². The molecule has 1 aliphatic rings. The second-order valence-electron chi connectivity index (χ2n) is 3.98. The third-order valence-electron chi connectivity index (χ3n) is 2.64. The van der Waals surface area contributed by atoms with Crippen LogP contribution >= 0.6 is 0 Å². The minimum atomic E-state index is -0.569. The summed E-state index contributed by atoms with van der Waals surface area (Å²) >= 11 is 0. The fraction of sp³-hybridized carbons (Fsp3) is 0.333. The van der Waals surface area contributed by atoms with E-state index in [4.69, 9.17) is 4.74 Å². The van der Waals surface area contributed by atoms with Crippen LogP contribution in [-0.4, -0.2) is 24.1 Å². The van der Waals surface area contributed by atoms with E-state index in [0.717, 1.165) is 5.56 Å². The normalized spacial score (nSPS) is 22.3. The highest BCUT2D eigenvalue weighted by Gasteiger charge is 2.37. The van der Waals surface area contributed by atoms with E-state index in [9.17, 15) is 9.59 Å². The molecule has 5 nitrogen and oxygen atoms in total. The molecule has 5 heteroatoms. The highest BCUT2D eigenvalue weighted by atomic mass is 16.5. The summed E-state index contributed by atoms with van der Waals surface area (Å²) in [5.74, 6) is -0.172. The van der Waals surface area contributed by atoms with Gasteiger partial charge in [-0.15, -0.1) is 0 Å². The molecule has 0 spiro atoms. The molecule has 0 radical (unpaired) electrons. The van der Waals surface area contributed by atoms with Crippen LogP contribution < -0.4 is 10.6 Å². The molecule has 0 saturated carbocycles. The fourth-order valence-corrected chi connectivity index (χ4v) is 1.61. The van der Waals surface area contributed by atoms with Crippen LogP contribution in [0, 0.1) is 0 Å². The van der Waals surface area contributed by atoms with Gasteiger partial charge in [-0.1, -0.05) is 30.3 Å². The smallest absolute Gasteiger partial charge is 0.408 e. The Morgan fingerprint density at radius 3 is 2.71 bits per heavy atom. The van der Waals surface area contributed by atoms with E-state index in [1.807, 2.05) is 37.3 Å². The van der Waals surface area contributed by atoms with Gasteiger partial charge in [0.05, 0.1) is 6.04 Å². The number of rotatable bonds is 3. The first-order chi connectivity index (χ1) is 8.16. The average Bonchev–Trinajstić information content (AvgIpc) is 2.35. The summed E-state index contributed by atoms with van der Waals surface area (Å²) < 4.78 is 5.00. The van der Waals surface area contributed by atoms with Crippen LogP contribution in [0.1, 0.15) is 12.5 Å². The molecule has 0 aromatic heterocycles. The van der Waals surface area contributed by atoms with E-state index in [0.29, 0.717) is 0 Å². The minimum Gasteiger partial charge on any atom is -0.445 e. The van der Waals surface area contributed by atoms with Crippen molar-refractivity contribution in [1.82, 2.24) is 10.6 Å². The standard InChI is InChI=1S/C12H14N2O3/c1-8-10(11(15)13-8)14-12(16)17-7-9-5-3-2-4-6-9/h2-6,8,10H,7H2,1H3,(H,13,15)(H,14,16)/t8-,10+/m0/s1. The van der Waals surface area contributed by atoms with E-state index < -0.39 is 12.1 Å². The summed E-state index contributed by atoms with van der Waals surface area (Å²) in [6, 6.07) is 8.86. The third-order valence-corrected chi connectivity index (χ3v) is 2.64. The van der Waals surface area contributed by atoms with Gasteiger partial charge in [-0.2, -0.15) is 0 Å². The number of hydrogen-bond acceptors (Lipinski definition) is 3. The van der Waals surface area contributed by atoms with Crippen LogP contribution in [0.25, 0.3) is 0 Å². The molecule has 2 atom stereocenters. The van der Waals surface area contributed by atoms with Crippen molar-refractivity contribution in [3.8, 4) is 0 Å². The Labute approximate surface area is 99.2 Å². The molecule has 1 aromatic rings. The number of carbonyl (C=O) groups is 2. The quantitative estimate of drug-likeness (QED) is 0.760. The van der Waals surface area contributed by atoms with E-state index in [1.165, 1.54) is 0 Å². The maximum absolute atomic E-state index is 11.4. The van der Waals surface area contributed by atoms with E-state index in [2.05, 4.69) is 10.6 Å². The Kier molecular flexibility index (Phi) is 3.27. The van der Waals surface area contributed by atoms with Crippen LogP contribution in [0.3, 0.4) is 0 Å². The Morgan fingerprint density at radius 1 is 1.41 bits per heavy atom. The Morgan fingerprint density at radius 2 is 2.12 bits per heavy atom. The van der Waals surface area contributed by atoms with Crippen molar-refractivity contribution < 1.29 is 14.3 Å². The minimum absolute atomic E-state index is 0.0354. The molecule has 1 aliphatic heterocycles. The topological polar surface area (TPSA) is 67.4 Å². The lowest BCUT2D eigenvalue weighted by molar-refractivity contribution is -0.131. The highest BCUT2D eigenvalue weighted by molar-refractivity contribution is 5.92. The van der Waals surface area contributed by atoms with Crippen LogP contribution in [0.5, 0.6) is 0 Å². The van der Waals surface area contributed by atoms with Crippen molar-refractivity contribution in [3.63, 3.8) is 0 Å². The molecule has 1 heterocycles. The zero-order valence-electron chi connectivity index (χ0n) is 9.47. The third kappa shape index (κ3) is 2.75. The number of hydrogen-bond donors (Lipinski definition) is 2. The SMILES string of the molecule is C[C@@H]1NC(=O)[C@@H]1NC(=O)OCc1ccccc1. The molecule has 1 aromatic carbocycles. The van der Waals surface area contributed by atoms with Gasteiger partial charge in [-0.05, 0) is 12.5 Å². The van der Waals surface area contributed by atoms with E-state index in [1.54, 1.807) is 0 Å². The zero-order chi connectivity index (χ0) is 12.3. The Bertz CT molecular complexity index is 419. The second kappa shape index (κ2) is 4.86. The molecule has 0 bridgehead atoms. The lowest BCUT2D eigenvalue weighted by atomic mass is 10.0. The number of amides is 2. The van der Waals surface area contributed by atoms with Crippen molar-refractivity contribution >= 4 is 12.0 Å². The highest BCUT2D eigenvalue weighted by Crippen LogP contribution is 2.06. The summed E-state index contributed by atoms with van der Waals surface area (Å²) in [7, 11) is 0. The van der Waals surface area contributed by atoms with Crippen LogP contribution in [0.2, 0.25) is 0 Å². The Hall–Kier alpha value is -2.04. The molecule has 2 amide bonds. The van der Waals surface area contributed by atoms with E-state index >= 15 is 0 Å². The maximum Gasteiger partial charge on any atom is 0.408 e. The molecule has 1 fully saturated rings. The number of ether oxygens (including phenoxy) is 1. The molecule has 0 unspecified atom stereocenters. The van der Waals surface area contributed by atoms with Crippen LogP contribution in [0.4, 0.5) is 4.79 Å².